The summed E-state index contributed by atoms with van der Waals surface area (Å²) in [5.41, 5.74) is 3.53. The summed E-state index contributed by atoms with van der Waals surface area (Å²) in [5.74, 6) is 0.00720. The van der Waals surface area contributed by atoms with Gasteiger partial charge in [-0.1, -0.05) is 31.5 Å². The summed E-state index contributed by atoms with van der Waals surface area (Å²) >= 11 is 0. The molecule has 5 nitrogen and oxygen atoms in total. The molecule has 1 heterocycles. The zero-order chi connectivity index (χ0) is 19.9. The number of nitrogens with one attached hydrogen (secondary N) is 1. The van der Waals surface area contributed by atoms with Crippen LogP contribution >= 0.6 is 0 Å². The number of para-hydroxylation sites is 1. The maximum atomic E-state index is 12.9. The summed E-state index contributed by atoms with van der Waals surface area (Å²) < 4.78 is 0. The monoisotopic (exact) mass is 379 g/mol. The van der Waals surface area contributed by atoms with Crippen LogP contribution in [0.25, 0.3) is 0 Å². The molecule has 5 heteroatoms. The Labute approximate surface area is 167 Å². The Hall–Kier alpha value is -2.82. The predicted octanol–water partition coefficient (Wildman–Crippen LogP) is 4.93. The minimum atomic E-state index is -0.131. The van der Waals surface area contributed by atoms with Crippen LogP contribution in [-0.2, 0) is 6.42 Å². The van der Waals surface area contributed by atoms with Gasteiger partial charge >= 0.3 is 6.03 Å². The number of rotatable bonds is 5. The summed E-state index contributed by atoms with van der Waals surface area (Å²) in [5, 5.41) is 2.97. The lowest BCUT2D eigenvalue weighted by atomic mass is 10.1. The molecule has 3 amide bonds. The van der Waals surface area contributed by atoms with E-state index in [1.807, 2.05) is 30.1 Å². The fourth-order valence-corrected chi connectivity index (χ4v) is 3.51. The Kier molecular flexibility index (Phi) is 6.69. The van der Waals surface area contributed by atoms with Gasteiger partial charge in [-0.3, -0.25) is 9.69 Å². The maximum Gasteiger partial charge on any atom is 0.326 e. The number of amides is 3. The number of hydrogen-bond donors (Lipinski definition) is 1. The molecule has 0 saturated carbocycles. The molecule has 3 rings (SSSR count). The normalized spacial score (nSPS) is 13.4. The van der Waals surface area contributed by atoms with Gasteiger partial charge in [-0.05, 0) is 61.6 Å². The lowest BCUT2D eigenvalue weighted by Gasteiger charge is -2.23. The van der Waals surface area contributed by atoms with Crippen LogP contribution in [0.5, 0.6) is 0 Å². The molecule has 28 heavy (non-hydrogen) atoms. The lowest BCUT2D eigenvalue weighted by Crippen LogP contribution is -2.35. The Morgan fingerprint density at radius 1 is 1.07 bits per heavy atom. The van der Waals surface area contributed by atoms with Crippen LogP contribution in [0, 0.1) is 0 Å². The van der Waals surface area contributed by atoms with Crippen molar-refractivity contribution in [3.63, 3.8) is 0 Å². The van der Waals surface area contributed by atoms with Gasteiger partial charge in [-0.25, -0.2) is 4.79 Å². The molecule has 0 aromatic heterocycles. The van der Waals surface area contributed by atoms with Crippen molar-refractivity contribution in [2.24, 2.45) is 0 Å². The largest absolute Gasteiger partial charge is 0.342 e. The predicted molar refractivity (Wildman–Crippen MR) is 114 cm³/mol. The van der Waals surface area contributed by atoms with Crippen molar-refractivity contribution >= 4 is 23.3 Å². The zero-order valence-corrected chi connectivity index (χ0v) is 16.8. The highest BCUT2D eigenvalue weighted by atomic mass is 16.2. The average molecular weight is 380 g/mol. The van der Waals surface area contributed by atoms with Gasteiger partial charge in [0.15, 0.2) is 0 Å². The molecule has 1 aliphatic heterocycles. The van der Waals surface area contributed by atoms with Gasteiger partial charge in [0, 0.05) is 37.1 Å². The van der Waals surface area contributed by atoms with Gasteiger partial charge < -0.3 is 10.2 Å². The Balaban J connectivity index is 1.67. The number of anilines is 2. The summed E-state index contributed by atoms with van der Waals surface area (Å²) in [6.45, 7) is 3.57. The minimum Gasteiger partial charge on any atom is -0.342 e. The first-order valence-electron chi connectivity index (χ1n) is 10.1. The third-order valence-corrected chi connectivity index (χ3v) is 5.18. The van der Waals surface area contributed by atoms with Crippen LogP contribution in [0.15, 0.2) is 48.5 Å². The topological polar surface area (TPSA) is 52.7 Å². The molecule has 0 fully saturated rings. The van der Waals surface area contributed by atoms with Crippen molar-refractivity contribution in [3.8, 4) is 0 Å². The lowest BCUT2D eigenvalue weighted by molar-refractivity contribution is 0.0793. The highest BCUT2D eigenvalue weighted by Gasteiger charge is 2.21. The summed E-state index contributed by atoms with van der Waals surface area (Å²) in [7, 11) is 1.82. The second-order valence-electron chi connectivity index (χ2n) is 7.33. The highest BCUT2D eigenvalue weighted by molar-refractivity contribution is 6.02. The smallest absolute Gasteiger partial charge is 0.326 e. The quantitative estimate of drug-likeness (QED) is 0.800. The van der Waals surface area contributed by atoms with E-state index in [1.54, 1.807) is 29.2 Å². The SMILES string of the molecule is CCCCN(C)C(=O)c1ccc(NC(=O)N2CCCCc3ccccc32)cc1. The van der Waals surface area contributed by atoms with E-state index in [4.69, 9.17) is 0 Å². The van der Waals surface area contributed by atoms with Crippen LogP contribution in [0.3, 0.4) is 0 Å². The Morgan fingerprint density at radius 2 is 1.82 bits per heavy atom. The first-order chi connectivity index (χ1) is 13.6. The van der Waals surface area contributed by atoms with E-state index in [0.29, 0.717) is 17.8 Å². The molecule has 0 atom stereocenters. The first kappa shape index (κ1) is 19.9. The number of benzene rings is 2. The van der Waals surface area contributed by atoms with Crippen molar-refractivity contribution in [2.75, 3.05) is 30.4 Å². The molecule has 2 aromatic rings. The van der Waals surface area contributed by atoms with Gasteiger partial charge in [0.25, 0.3) is 5.91 Å². The molecule has 0 bridgehead atoms. The van der Waals surface area contributed by atoms with Crippen LogP contribution in [0.1, 0.15) is 48.5 Å². The molecule has 1 aliphatic rings. The molecular formula is C23H29N3O2. The van der Waals surface area contributed by atoms with Crippen LogP contribution in [-0.4, -0.2) is 37.0 Å². The van der Waals surface area contributed by atoms with Gasteiger partial charge in [-0.2, -0.15) is 0 Å². The molecule has 0 aliphatic carbocycles. The van der Waals surface area contributed by atoms with E-state index in [-0.39, 0.29) is 11.9 Å². The van der Waals surface area contributed by atoms with Gasteiger partial charge in [0.05, 0.1) is 0 Å². The second-order valence-corrected chi connectivity index (χ2v) is 7.33. The van der Waals surface area contributed by atoms with E-state index in [9.17, 15) is 9.59 Å². The summed E-state index contributed by atoms with van der Waals surface area (Å²) in [6.07, 6.45) is 5.13. The fraction of sp³-hybridized carbons (Fsp3) is 0.391. The van der Waals surface area contributed by atoms with Crippen molar-refractivity contribution in [3.05, 3.63) is 59.7 Å². The van der Waals surface area contributed by atoms with Gasteiger partial charge in [0.2, 0.25) is 0 Å². The number of fused-ring (bicyclic) bond motifs is 1. The van der Waals surface area contributed by atoms with E-state index in [0.717, 1.165) is 44.3 Å². The fourth-order valence-electron chi connectivity index (χ4n) is 3.51. The van der Waals surface area contributed by atoms with E-state index >= 15 is 0 Å². The van der Waals surface area contributed by atoms with Crippen LogP contribution < -0.4 is 10.2 Å². The van der Waals surface area contributed by atoms with Crippen molar-refractivity contribution < 1.29 is 9.59 Å². The number of unbranched alkanes of at least 4 members (excludes halogenated alkanes) is 1. The number of hydrogen-bond acceptors (Lipinski definition) is 2. The standard InChI is InChI=1S/C23H29N3O2/c1-3-4-16-25(2)22(27)19-12-14-20(15-13-19)24-23(28)26-17-8-7-10-18-9-5-6-11-21(18)26/h5-6,9,11-15H,3-4,7-8,10,16-17H2,1-2H3,(H,24,28). The van der Waals surface area contributed by atoms with Crippen molar-refractivity contribution in [1.82, 2.24) is 4.90 Å². The molecule has 0 radical (unpaired) electrons. The third kappa shape index (κ3) is 4.71. The second kappa shape index (κ2) is 9.40. The van der Waals surface area contributed by atoms with Gasteiger partial charge in [0.1, 0.15) is 0 Å². The molecular weight excluding hydrogens is 350 g/mol. The number of carbonyl (C=O) groups excluding carboxylic acids is 2. The molecule has 0 saturated heterocycles. The summed E-state index contributed by atoms with van der Waals surface area (Å²) in [4.78, 5) is 28.9. The van der Waals surface area contributed by atoms with Crippen molar-refractivity contribution in [2.45, 2.75) is 39.0 Å². The van der Waals surface area contributed by atoms with Crippen LogP contribution in [0.2, 0.25) is 0 Å². The van der Waals surface area contributed by atoms with E-state index in [1.165, 1.54) is 5.56 Å². The number of urea groups is 1. The van der Waals surface area contributed by atoms with E-state index < -0.39 is 0 Å². The van der Waals surface area contributed by atoms with Gasteiger partial charge in [-0.15, -0.1) is 0 Å². The Morgan fingerprint density at radius 3 is 2.57 bits per heavy atom. The molecule has 1 N–H and O–H groups in total. The zero-order valence-electron chi connectivity index (χ0n) is 16.8. The number of carbonyl (C=O) groups is 2. The molecule has 148 valence electrons. The highest BCUT2D eigenvalue weighted by Crippen LogP contribution is 2.26. The Bertz CT molecular complexity index is 817. The molecule has 2 aromatic carbocycles. The molecule has 0 spiro atoms. The third-order valence-electron chi connectivity index (χ3n) is 5.18. The number of aryl methyl sites for hydroxylation is 1. The van der Waals surface area contributed by atoms with Crippen LogP contribution in [0.4, 0.5) is 16.2 Å². The minimum absolute atomic E-state index is 0.00720. The molecule has 0 unspecified atom stereocenters. The number of nitrogens with zero attached hydrogens (tertiary/aromatic N) is 2. The first-order valence-corrected chi connectivity index (χ1v) is 10.1. The van der Waals surface area contributed by atoms with E-state index in [2.05, 4.69) is 18.3 Å². The maximum absolute atomic E-state index is 12.9. The van der Waals surface area contributed by atoms with Crippen molar-refractivity contribution in [1.29, 1.82) is 0 Å². The summed E-state index contributed by atoms with van der Waals surface area (Å²) in [6, 6.07) is 15.1. The average Bonchev–Trinajstić information content (AvgIpc) is 2.94.